The molecule has 2 amide bonds. The van der Waals surface area contributed by atoms with Gasteiger partial charge in [-0.1, -0.05) is 30.3 Å². The zero-order chi connectivity index (χ0) is 19.1. The predicted octanol–water partition coefficient (Wildman–Crippen LogP) is 3.69. The Bertz CT molecular complexity index is 856. The van der Waals surface area contributed by atoms with E-state index in [9.17, 15) is 4.79 Å². The van der Waals surface area contributed by atoms with Gasteiger partial charge in [-0.15, -0.1) is 5.10 Å². The van der Waals surface area contributed by atoms with E-state index in [1.807, 2.05) is 50.6 Å². The number of carbonyl (C=O) groups is 1. The number of amides is 2. The van der Waals surface area contributed by atoms with Crippen LogP contribution >= 0.6 is 0 Å². The monoisotopic (exact) mass is 363 g/mol. The Morgan fingerprint density at radius 2 is 1.78 bits per heavy atom. The van der Waals surface area contributed by atoms with Crippen LogP contribution in [0, 0.1) is 0 Å². The van der Waals surface area contributed by atoms with E-state index in [0.717, 1.165) is 18.5 Å². The van der Waals surface area contributed by atoms with Gasteiger partial charge in [-0.25, -0.2) is 9.48 Å². The molecule has 2 aromatic carbocycles. The molecule has 1 aromatic heterocycles. The highest BCUT2D eigenvalue weighted by Gasteiger charge is 2.05. The zero-order valence-electron chi connectivity index (χ0n) is 15.7. The molecule has 2 N–H and O–H groups in total. The zero-order valence-corrected chi connectivity index (χ0v) is 15.7. The van der Waals surface area contributed by atoms with Crippen molar-refractivity contribution in [2.45, 2.75) is 12.8 Å². The summed E-state index contributed by atoms with van der Waals surface area (Å²) in [6, 6.07) is 19.8. The summed E-state index contributed by atoms with van der Waals surface area (Å²) >= 11 is 0. The van der Waals surface area contributed by atoms with Crippen LogP contribution in [0.1, 0.15) is 12.0 Å². The quantitative estimate of drug-likeness (QED) is 0.629. The van der Waals surface area contributed by atoms with Crippen LogP contribution in [0.15, 0.2) is 66.9 Å². The summed E-state index contributed by atoms with van der Waals surface area (Å²) in [5, 5.41) is 10.00. The fourth-order valence-electron chi connectivity index (χ4n) is 2.73. The van der Waals surface area contributed by atoms with E-state index in [1.165, 1.54) is 11.3 Å². The standard InChI is InChI=1S/C21H25N5O/c1-25(2)18-12-10-17(11-13-18)7-6-15-22-21(27)23-20-14-16-26(24-20)19-8-4-3-5-9-19/h3-5,8-14,16H,6-7,15H2,1-2H3,(H2,22,23,24,27). The van der Waals surface area contributed by atoms with E-state index in [1.54, 1.807) is 10.7 Å². The lowest BCUT2D eigenvalue weighted by Crippen LogP contribution is -2.30. The number of anilines is 2. The van der Waals surface area contributed by atoms with Crippen LogP contribution in [0.3, 0.4) is 0 Å². The second kappa shape index (κ2) is 8.89. The molecule has 0 unspecified atom stereocenters. The topological polar surface area (TPSA) is 62.2 Å². The highest BCUT2D eigenvalue weighted by Crippen LogP contribution is 2.13. The van der Waals surface area contributed by atoms with Crippen molar-refractivity contribution in [3.05, 3.63) is 72.4 Å². The van der Waals surface area contributed by atoms with E-state index in [2.05, 4.69) is 44.9 Å². The molecule has 0 aliphatic carbocycles. The molecule has 0 spiro atoms. The third kappa shape index (κ3) is 5.34. The summed E-state index contributed by atoms with van der Waals surface area (Å²) in [4.78, 5) is 14.1. The Morgan fingerprint density at radius 3 is 2.48 bits per heavy atom. The van der Waals surface area contributed by atoms with Crippen LogP contribution in [0.25, 0.3) is 5.69 Å². The summed E-state index contributed by atoms with van der Waals surface area (Å²) in [7, 11) is 4.06. The van der Waals surface area contributed by atoms with Crippen LogP contribution in [-0.2, 0) is 6.42 Å². The van der Waals surface area contributed by atoms with Crippen molar-refractivity contribution in [2.75, 3.05) is 30.9 Å². The Hall–Kier alpha value is -3.28. The Labute approximate surface area is 159 Å². The van der Waals surface area contributed by atoms with E-state index < -0.39 is 0 Å². The summed E-state index contributed by atoms with van der Waals surface area (Å²) in [5.41, 5.74) is 3.40. The maximum Gasteiger partial charge on any atom is 0.320 e. The minimum Gasteiger partial charge on any atom is -0.378 e. The number of hydrogen-bond acceptors (Lipinski definition) is 3. The van der Waals surface area contributed by atoms with Gasteiger partial charge in [-0.05, 0) is 42.7 Å². The van der Waals surface area contributed by atoms with E-state index in [0.29, 0.717) is 12.4 Å². The van der Waals surface area contributed by atoms with Crippen LogP contribution < -0.4 is 15.5 Å². The first-order valence-electron chi connectivity index (χ1n) is 9.04. The number of benzene rings is 2. The maximum atomic E-state index is 12.0. The first-order valence-corrected chi connectivity index (χ1v) is 9.04. The molecule has 0 atom stereocenters. The van der Waals surface area contributed by atoms with Gasteiger partial charge in [0, 0.05) is 38.6 Å². The van der Waals surface area contributed by atoms with Crippen molar-refractivity contribution >= 4 is 17.5 Å². The number of aromatic nitrogens is 2. The second-order valence-electron chi connectivity index (χ2n) is 6.53. The highest BCUT2D eigenvalue weighted by atomic mass is 16.2. The number of nitrogens with one attached hydrogen (secondary N) is 2. The smallest absolute Gasteiger partial charge is 0.320 e. The van der Waals surface area contributed by atoms with E-state index >= 15 is 0 Å². The van der Waals surface area contributed by atoms with Gasteiger partial charge < -0.3 is 10.2 Å². The minimum atomic E-state index is -0.240. The average molecular weight is 363 g/mol. The molecule has 0 fully saturated rings. The second-order valence-corrected chi connectivity index (χ2v) is 6.53. The number of urea groups is 1. The Morgan fingerprint density at radius 1 is 1.04 bits per heavy atom. The third-order valence-electron chi connectivity index (χ3n) is 4.23. The normalized spacial score (nSPS) is 10.4. The van der Waals surface area contributed by atoms with Crippen molar-refractivity contribution in [2.24, 2.45) is 0 Å². The molecule has 0 radical (unpaired) electrons. The third-order valence-corrected chi connectivity index (χ3v) is 4.23. The van der Waals surface area contributed by atoms with Crippen LogP contribution in [-0.4, -0.2) is 36.5 Å². The number of nitrogens with zero attached hydrogens (tertiary/aromatic N) is 3. The van der Waals surface area contributed by atoms with Gasteiger partial charge in [0.25, 0.3) is 0 Å². The van der Waals surface area contributed by atoms with Gasteiger partial charge in [0.05, 0.1) is 5.69 Å². The molecule has 6 nitrogen and oxygen atoms in total. The first kappa shape index (κ1) is 18.5. The fourth-order valence-corrected chi connectivity index (χ4v) is 2.73. The van der Waals surface area contributed by atoms with Gasteiger partial charge in [0.15, 0.2) is 5.82 Å². The van der Waals surface area contributed by atoms with Gasteiger partial charge in [-0.2, -0.15) is 0 Å². The fraction of sp³-hybridized carbons (Fsp3) is 0.238. The molecule has 0 bridgehead atoms. The van der Waals surface area contributed by atoms with Gasteiger partial charge in [-0.3, -0.25) is 5.32 Å². The Balaban J connectivity index is 1.40. The van der Waals surface area contributed by atoms with Crippen molar-refractivity contribution in [1.29, 1.82) is 0 Å². The minimum absolute atomic E-state index is 0.240. The van der Waals surface area contributed by atoms with Gasteiger partial charge in [0.2, 0.25) is 0 Å². The molecular formula is C21H25N5O. The van der Waals surface area contributed by atoms with Crippen molar-refractivity contribution in [3.63, 3.8) is 0 Å². The van der Waals surface area contributed by atoms with Gasteiger partial charge in [0.1, 0.15) is 0 Å². The number of hydrogen-bond donors (Lipinski definition) is 2. The van der Waals surface area contributed by atoms with E-state index in [4.69, 9.17) is 0 Å². The SMILES string of the molecule is CN(C)c1ccc(CCCNC(=O)Nc2ccn(-c3ccccc3)n2)cc1. The summed E-state index contributed by atoms with van der Waals surface area (Å²) < 4.78 is 1.73. The van der Waals surface area contributed by atoms with Crippen LogP contribution in [0.5, 0.6) is 0 Å². The molecule has 0 saturated heterocycles. The molecule has 0 aliphatic rings. The molecule has 0 aliphatic heterocycles. The van der Waals surface area contributed by atoms with Gasteiger partial charge >= 0.3 is 6.03 Å². The number of carbonyl (C=O) groups excluding carboxylic acids is 1. The molecular weight excluding hydrogens is 338 g/mol. The number of aryl methyl sites for hydroxylation is 1. The Kier molecular flexibility index (Phi) is 6.10. The number of rotatable bonds is 7. The van der Waals surface area contributed by atoms with Crippen LogP contribution in [0.4, 0.5) is 16.3 Å². The van der Waals surface area contributed by atoms with Crippen molar-refractivity contribution < 1.29 is 4.79 Å². The van der Waals surface area contributed by atoms with Crippen molar-refractivity contribution in [3.8, 4) is 5.69 Å². The molecule has 0 saturated carbocycles. The lowest BCUT2D eigenvalue weighted by atomic mass is 10.1. The molecule has 6 heteroatoms. The van der Waals surface area contributed by atoms with Crippen molar-refractivity contribution in [1.82, 2.24) is 15.1 Å². The molecule has 3 aromatic rings. The summed E-state index contributed by atoms with van der Waals surface area (Å²) in [5.74, 6) is 0.524. The van der Waals surface area contributed by atoms with Crippen LogP contribution in [0.2, 0.25) is 0 Å². The predicted molar refractivity (Wildman–Crippen MR) is 110 cm³/mol. The largest absolute Gasteiger partial charge is 0.378 e. The first-order chi connectivity index (χ1) is 13.1. The lowest BCUT2D eigenvalue weighted by molar-refractivity contribution is 0.252. The average Bonchev–Trinajstić information content (AvgIpc) is 3.15. The molecule has 1 heterocycles. The summed E-state index contributed by atoms with van der Waals surface area (Å²) in [6.45, 7) is 0.612. The number of para-hydroxylation sites is 1. The highest BCUT2D eigenvalue weighted by molar-refractivity contribution is 5.88. The molecule has 140 valence electrons. The maximum absolute atomic E-state index is 12.0. The van der Waals surface area contributed by atoms with E-state index in [-0.39, 0.29) is 6.03 Å². The summed E-state index contributed by atoms with van der Waals surface area (Å²) in [6.07, 6.45) is 3.63. The lowest BCUT2D eigenvalue weighted by Gasteiger charge is -2.12. The molecule has 27 heavy (non-hydrogen) atoms. The molecule has 3 rings (SSSR count).